The molecule has 0 aliphatic rings. The van der Waals surface area contributed by atoms with E-state index in [2.05, 4.69) is 10.3 Å². The lowest BCUT2D eigenvalue weighted by Crippen LogP contribution is -2.42. The Morgan fingerprint density at radius 3 is 2.78 bits per heavy atom. The lowest BCUT2D eigenvalue weighted by Gasteiger charge is -2.09. The first kappa shape index (κ1) is 12.0. The smallest absolute Gasteiger partial charge is 0.254 e. The molecule has 1 unspecified atom stereocenters. The maximum atomic E-state index is 12.0. The molecule has 2 amide bonds. The minimum absolute atomic E-state index is 0.363. The molecule has 1 atom stereocenters. The van der Waals surface area contributed by atoms with Crippen LogP contribution in [-0.2, 0) is 4.79 Å². The monoisotopic (exact) mass is 246 g/mol. The summed E-state index contributed by atoms with van der Waals surface area (Å²) in [5, 5.41) is 3.23. The molecule has 0 spiro atoms. The Labute approximate surface area is 103 Å². The molecule has 2 rings (SSSR count). The van der Waals surface area contributed by atoms with Crippen LogP contribution in [0.2, 0.25) is 0 Å². The highest BCUT2D eigenvalue weighted by Crippen LogP contribution is 2.20. The zero-order valence-electron chi connectivity index (χ0n) is 9.86. The minimum Gasteiger partial charge on any atom is -0.399 e. The molecule has 6 N–H and O–H groups in total. The molecule has 0 saturated heterocycles. The van der Waals surface area contributed by atoms with Crippen molar-refractivity contribution in [1.82, 2.24) is 10.3 Å². The molecule has 0 fully saturated rings. The molecule has 0 radical (unpaired) electrons. The van der Waals surface area contributed by atoms with Crippen molar-refractivity contribution in [2.24, 2.45) is 5.73 Å². The van der Waals surface area contributed by atoms with Gasteiger partial charge in [-0.3, -0.25) is 9.59 Å². The molecule has 1 aromatic carbocycles. The first-order valence-electron chi connectivity index (χ1n) is 5.46. The quantitative estimate of drug-likeness (QED) is 0.586. The van der Waals surface area contributed by atoms with Crippen LogP contribution in [0.3, 0.4) is 0 Å². The zero-order valence-corrected chi connectivity index (χ0v) is 9.86. The molecule has 0 saturated carbocycles. The van der Waals surface area contributed by atoms with Crippen LogP contribution >= 0.6 is 0 Å². The van der Waals surface area contributed by atoms with E-state index in [0.29, 0.717) is 16.6 Å². The third-order valence-electron chi connectivity index (χ3n) is 2.72. The fourth-order valence-electron chi connectivity index (χ4n) is 1.67. The van der Waals surface area contributed by atoms with E-state index in [1.807, 2.05) is 0 Å². The number of nitrogens with one attached hydrogen (secondary N) is 2. The van der Waals surface area contributed by atoms with Crippen molar-refractivity contribution < 1.29 is 9.59 Å². The Morgan fingerprint density at radius 1 is 1.39 bits per heavy atom. The Kier molecular flexibility index (Phi) is 2.93. The summed E-state index contributed by atoms with van der Waals surface area (Å²) in [5.41, 5.74) is 12.6. The number of nitrogens with two attached hydrogens (primary N) is 2. The number of hydrogen-bond acceptors (Lipinski definition) is 3. The number of aromatic nitrogens is 1. The van der Waals surface area contributed by atoms with E-state index in [1.54, 1.807) is 24.4 Å². The van der Waals surface area contributed by atoms with Crippen LogP contribution in [-0.4, -0.2) is 22.8 Å². The van der Waals surface area contributed by atoms with Gasteiger partial charge in [0.05, 0.1) is 5.56 Å². The van der Waals surface area contributed by atoms with Gasteiger partial charge in [-0.25, -0.2) is 0 Å². The van der Waals surface area contributed by atoms with Gasteiger partial charge in [0.15, 0.2) is 0 Å². The Morgan fingerprint density at radius 2 is 2.11 bits per heavy atom. The average Bonchev–Trinajstić information content (AvgIpc) is 2.71. The number of hydrogen-bond donors (Lipinski definition) is 4. The Balaban J connectivity index is 2.33. The summed E-state index contributed by atoms with van der Waals surface area (Å²) >= 11 is 0. The number of rotatable bonds is 3. The molecule has 0 bridgehead atoms. The molecular formula is C12H14N4O2. The number of anilines is 1. The summed E-state index contributed by atoms with van der Waals surface area (Å²) < 4.78 is 0. The van der Waals surface area contributed by atoms with Gasteiger partial charge in [-0.15, -0.1) is 0 Å². The van der Waals surface area contributed by atoms with Gasteiger partial charge in [-0.2, -0.15) is 0 Å². The predicted molar refractivity (Wildman–Crippen MR) is 68.8 cm³/mol. The fourth-order valence-corrected chi connectivity index (χ4v) is 1.67. The number of carbonyl (C=O) groups excluding carboxylic acids is 2. The van der Waals surface area contributed by atoms with Gasteiger partial charge in [-0.05, 0) is 25.1 Å². The van der Waals surface area contributed by atoms with Crippen molar-refractivity contribution in [3.63, 3.8) is 0 Å². The summed E-state index contributed by atoms with van der Waals surface area (Å²) in [4.78, 5) is 25.8. The first-order chi connectivity index (χ1) is 8.49. The largest absolute Gasteiger partial charge is 0.399 e. The van der Waals surface area contributed by atoms with Gasteiger partial charge in [0, 0.05) is 22.8 Å². The molecular weight excluding hydrogens is 232 g/mol. The summed E-state index contributed by atoms with van der Waals surface area (Å²) in [7, 11) is 0. The highest BCUT2D eigenvalue weighted by molar-refractivity contribution is 6.08. The molecule has 94 valence electrons. The maximum absolute atomic E-state index is 12.0. The minimum atomic E-state index is -0.719. The molecule has 0 aliphatic carbocycles. The number of nitrogen functional groups attached to an aromatic ring is 1. The van der Waals surface area contributed by atoms with Crippen LogP contribution < -0.4 is 16.8 Å². The number of H-pyrrole nitrogens is 1. The van der Waals surface area contributed by atoms with Crippen molar-refractivity contribution >= 4 is 28.4 Å². The van der Waals surface area contributed by atoms with Crippen molar-refractivity contribution in [3.8, 4) is 0 Å². The van der Waals surface area contributed by atoms with Crippen LogP contribution in [0.5, 0.6) is 0 Å². The van der Waals surface area contributed by atoms with E-state index >= 15 is 0 Å². The summed E-state index contributed by atoms with van der Waals surface area (Å²) in [6.07, 6.45) is 1.58. The van der Waals surface area contributed by atoms with E-state index in [1.165, 1.54) is 6.92 Å². The lowest BCUT2D eigenvalue weighted by atomic mass is 10.1. The number of benzene rings is 1. The molecule has 6 nitrogen and oxygen atoms in total. The van der Waals surface area contributed by atoms with Gasteiger partial charge >= 0.3 is 0 Å². The van der Waals surface area contributed by atoms with E-state index in [4.69, 9.17) is 11.5 Å². The second kappa shape index (κ2) is 4.40. The zero-order chi connectivity index (χ0) is 13.3. The van der Waals surface area contributed by atoms with E-state index < -0.39 is 11.9 Å². The van der Waals surface area contributed by atoms with Gasteiger partial charge < -0.3 is 21.8 Å². The predicted octanol–water partition coefficient (Wildman–Crippen LogP) is 0.354. The molecule has 0 aliphatic heterocycles. The number of amides is 2. The van der Waals surface area contributed by atoms with Gasteiger partial charge in [0.25, 0.3) is 5.91 Å². The standard InChI is InChI=1S/C12H14N4O2/c1-6(11(14)17)16-12(18)9-5-15-10-3-2-7(13)4-8(9)10/h2-6,15H,13H2,1H3,(H2,14,17)(H,16,18). The topological polar surface area (TPSA) is 114 Å². The molecule has 6 heteroatoms. The summed E-state index contributed by atoms with van der Waals surface area (Å²) in [5.74, 6) is -0.944. The fraction of sp³-hybridized carbons (Fsp3) is 0.167. The van der Waals surface area contributed by atoms with Crippen molar-refractivity contribution in [1.29, 1.82) is 0 Å². The Bertz CT molecular complexity index is 618. The molecule has 1 aromatic heterocycles. The number of primary amides is 1. The summed E-state index contributed by atoms with van der Waals surface area (Å²) in [6.45, 7) is 1.53. The molecule has 2 aromatic rings. The van der Waals surface area contributed by atoms with Gasteiger partial charge in [0.1, 0.15) is 6.04 Å². The number of carbonyl (C=O) groups is 2. The second-order valence-corrected chi connectivity index (χ2v) is 4.10. The van der Waals surface area contributed by atoms with Crippen molar-refractivity contribution in [3.05, 3.63) is 30.0 Å². The highest BCUT2D eigenvalue weighted by atomic mass is 16.2. The normalized spacial score (nSPS) is 12.3. The SMILES string of the molecule is CC(NC(=O)c1c[nH]c2ccc(N)cc12)C(N)=O. The third-order valence-corrected chi connectivity index (χ3v) is 2.72. The maximum Gasteiger partial charge on any atom is 0.254 e. The van der Waals surface area contributed by atoms with Crippen LogP contribution in [0.4, 0.5) is 5.69 Å². The van der Waals surface area contributed by atoms with E-state index in [0.717, 1.165) is 5.52 Å². The lowest BCUT2D eigenvalue weighted by molar-refractivity contribution is -0.119. The van der Waals surface area contributed by atoms with Crippen LogP contribution in [0.25, 0.3) is 10.9 Å². The van der Waals surface area contributed by atoms with Crippen molar-refractivity contribution in [2.45, 2.75) is 13.0 Å². The highest BCUT2D eigenvalue weighted by Gasteiger charge is 2.16. The van der Waals surface area contributed by atoms with Crippen molar-refractivity contribution in [2.75, 3.05) is 5.73 Å². The van der Waals surface area contributed by atoms with E-state index in [-0.39, 0.29) is 5.91 Å². The third kappa shape index (κ3) is 2.13. The number of fused-ring (bicyclic) bond motifs is 1. The van der Waals surface area contributed by atoms with Gasteiger partial charge in [0.2, 0.25) is 5.91 Å². The van der Waals surface area contributed by atoms with Crippen LogP contribution in [0.1, 0.15) is 17.3 Å². The molecule has 18 heavy (non-hydrogen) atoms. The number of aromatic amines is 1. The van der Waals surface area contributed by atoms with Crippen LogP contribution in [0, 0.1) is 0 Å². The summed E-state index contributed by atoms with van der Waals surface area (Å²) in [6, 6.07) is 4.52. The van der Waals surface area contributed by atoms with Gasteiger partial charge in [-0.1, -0.05) is 0 Å². The second-order valence-electron chi connectivity index (χ2n) is 4.10. The Hall–Kier alpha value is -2.50. The van der Waals surface area contributed by atoms with E-state index in [9.17, 15) is 9.59 Å². The van der Waals surface area contributed by atoms with Crippen LogP contribution in [0.15, 0.2) is 24.4 Å². The molecule has 1 heterocycles. The first-order valence-corrected chi connectivity index (χ1v) is 5.46. The average molecular weight is 246 g/mol.